The highest BCUT2D eigenvalue weighted by Gasteiger charge is 2.11. The van der Waals surface area contributed by atoms with Crippen LogP contribution in [0, 0.1) is 11.3 Å². The van der Waals surface area contributed by atoms with E-state index in [9.17, 15) is 0 Å². The Hall–Kier alpha value is -1.42. The van der Waals surface area contributed by atoms with Crippen molar-refractivity contribution in [2.75, 3.05) is 12.0 Å². The van der Waals surface area contributed by atoms with E-state index in [1.807, 2.05) is 36.6 Å². The Morgan fingerprint density at radius 1 is 1.30 bits per heavy atom. The number of nitrogens with zero attached hydrogens (tertiary/aromatic N) is 3. The third-order valence-electron chi connectivity index (χ3n) is 2.47. The zero-order valence-electron chi connectivity index (χ0n) is 10.6. The predicted octanol–water partition coefficient (Wildman–Crippen LogP) is 3.60. The second-order valence-corrected chi connectivity index (χ2v) is 5.98. The van der Waals surface area contributed by atoms with E-state index in [0.717, 1.165) is 11.3 Å². The van der Waals surface area contributed by atoms with Gasteiger partial charge in [0.15, 0.2) is 5.16 Å². The molecule has 0 fully saturated rings. The van der Waals surface area contributed by atoms with Gasteiger partial charge in [-0.15, -0.1) is 11.8 Å². The van der Waals surface area contributed by atoms with Gasteiger partial charge in [-0.05, 0) is 24.0 Å². The summed E-state index contributed by atoms with van der Waals surface area (Å²) >= 11 is 8.70. The average Bonchev–Trinajstić information content (AvgIpc) is 2.46. The first kappa shape index (κ1) is 15.0. The molecular formula is C13H11ClN4S2. The molecule has 0 spiro atoms. The van der Waals surface area contributed by atoms with Crippen LogP contribution >= 0.6 is 35.1 Å². The number of nitrogens with two attached hydrogens (primary N) is 1. The van der Waals surface area contributed by atoms with Gasteiger partial charge in [0.2, 0.25) is 0 Å². The summed E-state index contributed by atoms with van der Waals surface area (Å²) in [5.74, 6) is 0.946. The SMILES string of the molecule is CSc1nc(SCc2ccc(Cl)cc2)nc(N)c1C#N. The molecule has 0 saturated carbocycles. The molecule has 0 aliphatic carbocycles. The molecule has 2 rings (SSSR count). The van der Waals surface area contributed by atoms with Crippen LogP contribution in [0.15, 0.2) is 34.4 Å². The quantitative estimate of drug-likeness (QED) is 0.526. The van der Waals surface area contributed by atoms with Gasteiger partial charge >= 0.3 is 0 Å². The second-order valence-electron chi connectivity index (χ2n) is 3.80. The summed E-state index contributed by atoms with van der Waals surface area (Å²) < 4.78 is 0. The molecule has 1 aromatic heterocycles. The van der Waals surface area contributed by atoms with Gasteiger partial charge in [-0.2, -0.15) is 5.26 Å². The Labute approximate surface area is 130 Å². The van der Waals surface area contributed by atoms with Gasteiger partial charge in [0.1, 0.15) is 22.5 Å². The maximum Gasteiger partial charge on any atom is 0.190 e. The Kier molecular flexibility index (Phi) is 5.12. The van der Waals surface area contributed by atoms with Crippen molar-refractivity contribution in [1.82, 2.24) is 9.97 Å². The molecule has 1 heterocycles. The van der Waals surface area contributed by atoms with Crippen molar-refractivity contribution >= 4 is 40.9 Å². The van der Waals surface area contributed by atoms with Crippen LogP contribution in [0.2, 0.25) is 5.02 Å². The van der Waals surface area contributed by atoms with Crippen LogP contribution in [0.25, 0.3) is 0 Å². The van der Waals surface area contributed by atoms with E-state index >= 15 is 0 Å². The molecule has 0 bridgehead atoms. The van der Waals surface area contributed by atoms with E-state index in [2.05, 4.69) is 9.97 Å². The molecule has 2 N–H and O–H groups in total. The summed E-state index contributed by atoms with van der Waals surface area (Å²) in [5.41, 5.74) is 7.24. The minimum absolute atomic E-state index is 0.227. The highest BCUT2D eigenvalue weighted by atomic mass is 35.5. The molecule has 7 heteroatoms. The standard InChI is InChI=1S/C13H11ClN4S2/c1-19-12-10(6-15)11(16)17-13(18-12)20-7-8-2-4-9(14)5-3-8/h2-5H,7H2,1H3,(H2,16,17,18). The van der Waals surface area contributed by atoms with Crippen LogP contribution in [0.3, 0.4) is 0 Å². The van der Waals surface area contributed by atoms with E-state index < -0.39 is 0 Å². The molecule has 2 aromatic rings. The van der Waals surface area contributed by atoms with Gasteiger partial charge in [0, 0.05) is 10.8 Å². The topological polar surface area (TPSA) is 75.6 Å². The fourth-order valence-electron chi connectivity index (χ4n) is 1.48. The summed E-state index contributed by atoms with van der Waals surface area (Å²) in [6.07, 6.45) is 1.86. The fourth-order valence-corrected chi connectivity index (χ4v) is 3.00. The molecule has 0 aliphatic rings. The number of thioether (sulfide) groups is 2. The lowest BCUT2D eigenvalue weighted by Gasteiger charge is -2.06. The number of halogens is 1. The normalized spacial score (nSPS) is 10.2. The van der Waals surface area contributed by atoms with Crippen molar-refractivity contribution in [3.05, 3.63) is 40.4 Å². The molecule has 0 amide bonds. The third kappa shape index (κ3) is 3.57. The van der Waals surface area contributed by atoms with E-state index in [0.29, 0.717) is 20.8 Å². The number of anilines is 1. The zero-order valence-corrected chi connectivity index (χ0v) is 13.0. The first-order valence-electron chi connectivity index (χ1n) is 5.63. The Bertz CT molecular complexity index is 653. The van der Waals surface area contributed by atoms with E-state index in [1.54, 1.807) is 0 Å². The number of nitrogen functional groups attached to an aromatic ring is 1. The number of hydrogen-bond donors (Lipinski definition) is 1. The zero-order chi connectivity index (χ0) is 14.5. The van der Waals surface area contributed by atoms with Crippen molar-refractivity contribution < 1.29 is 0 Å². The molecule has 0 radical (unpaired) electrons. The first-order chi connectivity index (χ1) is 9.63. The molecule has 0 aliphatic heterocycles. The highest BCUT2D eigenvalue weighted by Crippen LogP contribution is 2.27. The van der Waals surface area contributed by atoms with Crippen LogP contribution in [-0.4, -0.2) is 16.2 Å². The summed E-state index contributed by atoms with van der Waals surface area (Å²) in [6.45, 7) is 0. The second kappa shape index (κ2) is 6.84. The minimum atomic E-state index is 0.227. The Morgan fingerprint density at radius 2 is 2.00 bits per heavy atom. The monoisotopic (exact) mass is 322 g/mol. The lowest BCUT2D eigenvalue weighted by molar-refractivity contribution is 0.891. The van der Waals surface area contributed by atoms with Crippen molar-refractivity contribution in [1.29, 1.82) is 5.26 Å². The van der Waals surface area contributed by atoms with Gasteiger partial charge in [-0.1, -0.05) is 35.5 Å². The van der Waals surface area contributed by atoms with Crippen LogP contribution in [0.4, 0.5) is 5.82 Å². The number of benzene rings is 1. The van der Waals surface area contributed by atoms with E-state index in [-0.39, 0.29) is 5.82 Å². The van der Waals surface area contributed by atoms with Gasteiger partial charge < -0.3 is 5.73 Å². The summed E-state index contributed by atoms with van der Waals surface area (Å²) in [5, 5.41) is 10.9. The first-order valence-corrected chi connectivity index (χ1v) is 8.21. The summed E-state index contributed by atoms with van der Waals surface area (Å²) in [4.78, 5) is 8.49. The van der Waals surface area contributed by atoms with E-state index in [4.69, 9.17) is 22.6 Å². The van der Waals surface area contributed by atoms with Gasteiger partial charge in [0.25, 0.3) is 0 Å². The molecule has 4 nitrogen and oxygen atoms in total. The highest BCUT2D eigenvalue weighted by molar-refractivity contribution is 7.99. The number of aromatic nitrogens is 2. The van der Waals surface area contributed by atoms with E-state index in [1.165, 1.54) is 23.5 Å². The maximum absolute atomic E-state index is 9.01. The van der Waals surface area contributed by atoms with Crippen molar-refractivity contribution in [3.8, 4) is 6.07 Å². The van der Waals surface area contributed by atoms with Crippen molar-refractivity contribution in [2.45, 2.75) is 15.9 Å². The van der Waals surface area contributed by atoms with Crippen LogP contribution in [0.5, 0.6) is 0 Å². The van der Waals surface area contributed by atoms with Gasteiger partial charge in [-0.3, -0.25) is 0 Å². The van der Waals surface area contributed by atoms with Crippen molar-refractivity contribution in [3.63, 3.8) is 0 Å². The predicted molar refractivity (Wildman–Crippen MR) is 84.0 cm³/mol. The van der Waals surface area contributed by atoms with Gasteiger partial charge in [0.05, 0.1) is 0 Å². The molecule has 0 atom stereocenters. The number of rotatable bonds is 4. The Balaban J connectivity index is 2.16. The van der Waals surface area contributed by atoms with Crippen LogP contribution in [-0.2, 0) is 5.75 Å². The third-order valence-corrected chi connectivity index (χ3v) is 4.32. The minimum Gasteiger partial charge on any atom is -0.382 e. The molecular weight excluding hydrogens is 312 g/mol. The van der Waals surface area contributed by atoms with Crippen LogP contribution < -0.4 is 5.73 Å². The van der Waals surface area contributed by atoms with Crippen molar-refractivity contribution in [2.24, 2.45) is 0 Å². The Morgan fingerprint density at radius 3 is 2.60 bits per heavy atom. The molecule has 0 saturated heterocycles. The molecule has 0 unspecified atom stereocenters. The largest absolute Gasteiger partial charge is 0.382 e. The lowest BCUT2D eigenvalue weighted by Crippen LogP contribution is -2.01. The summed E-state index contributed by atoms with van der Waals surface area (Å²) in [6, 6.07) is 9.63. The maximum atomic E-state index is 9.01. The molecule has 1 aromatic carbocycles. The summed E-state index contributed by atoms with van der Waals surface area (Å²) in [7, 11) is 0. The number of hydrogen-bond acceptors (Lipinski definition) is 6. The van der Waals surface area contributed by atoms with Gasteiger partial charge in [-0.25, -0.2) is 9.97 Å². The molecule has 20 heavy (non-hydrogen) atoms. The fraction of sp³-hybridized carbons (Fsp3) is 0.154. The average molecular weight is 323 g/mol. The lowest BCUT2D eigenvalue weighted by atomic mass is 10.2. The molecule has 102 valence electrons. The number of nitriles is 1. The smallest absolute Gasteiger partial charge is 0.190 e. The van der Waals surface area contributed by atoms with Crippen LogP contribution in [0.1, 0.15) is 11.1 Å².